The Bertz CT molecular complexity index is 417. The average molecular weight is 273 g/mol. The van der Waals surface area contributed by atoms with Crippen LogP contribution < -0.4 is 5.73 Å². The molecule has 0 spiro atoms. The Morgan fingerprint density at radius 1 is 1.10 bits per heavy atom. The van der Waals surface area contributed by atoms with Crippen LogP contribution in [0.5, 0.6) is 0 Å². The normalized spacial score (nSPS) is 10.1. The van der Waals surface area contributed by atoms with Gasteiger partial charge in [-0.15, -0.1) is 0 Å². The fraction of sp³-hybridized carbons (Fsp3) is 0.556. The Morgan fingerprint density at radius 2 is 1.90 bits per heavy atom. The zero-order valence-electron chi connectivity index (χ0n) is 12.7. The molecule has 0 aromatic heterocycles. The third-order valence-electron chi connectivity index (χ3n) is 3.17. The van der Waals surface area contributed by atoms with Crippen LogP contribution in [0.4, 0.5) is 0 Å². The lowest BCUT2D eigenvalue weighted by Gasteiger charge is -2.05. The van der Waals surface area contributed by atoms with Gasteiger partial charge in [-0.25, -0.2) is 0 Å². The van der Waals surface area contributed by atoms with Gasteiger partial charge >= 0.3 is 0 Å². The molecule has 0 heterocycles. The van der Waals surface area contributed by atoms with E-state index in [-0.39, 0.29) is 0 Å². The number of rotatable bonds is 9. The van der Waals surface area contributed by atoms with Crippen LogP contribution in [0.25, 0.3) is 0 Å². The van der Waals surface area contributed by atoms with E-state index in [9.17, 15) is 0 Å². The van der Waals surface area contributed by atoms with Crippen molar-refractivity contribution >= 4 is 0 Å². The zero-order chi connectivity index (χ0) is 14.5. The topological polar surface area (TPSA) is 35.2 Å². The molecule has 0 aliphatic carbocycles. The van der Waals surface area contributed by atoms with Crippen LogP contribution in [0.15, 0.2) is 24.3 Å². The standard InChI is InChI=1S/C18H27NO/c1-2-3-4-5-6-7-14-20-16-18-11-8-10-17(15-18)12-9-13-19/h8,10-11,15H,2-7,13-14,16,19H2,1H3. The monoisotopic (exact) mass is 273 g/mol. The Balaban J connectivity index is 2.15. The van der Waals surface area contributed by atoms with Crippen molar-refractivity contribution < 1.29 is 4.74 Å². The minimum absolute atomic E-state index is 0.402. The van der Waals surface area contributed by atoms with Crippen molar-refractivity contribution in [2.75, 3.05) is 13.2 Å². The van der Waals surface area contributed by atoms with Gasteiger partial charge in [0.25, 0.3) is 0 Å². The van der Waals surface area contributed by atoms with Gasteiger partial charge in [-0.2, -0.15) is 0 Å². The van der Waals surface area contributed by atoms with Crippen molar-refractivity contribution in [3.63, 3.8) is 0 Å². The Morgan fingerprint density at radius 3 is 2.70 bits per heavy atom. The summed E-state index contributed by atoms with van der Waals surface area (Å²) in [5, 5.41) is 0. The zero-order valence-corrected chi connectivity index (χ0v) is 12.7. The largest absolute Gasteiger partial charge is 0.377 e. The van der Waals surface area contributed by atoms with Gasteiger partial charge in [-0.3, -0.25) is 0 Å². The first-order chi connectivity index (χ1) is 9.86. The van der Waals surface area contributed by atoms with Gasteiger partial charge < -0.3 is 10.5 Å². The number of hydrogen-bond donors (Lipinski definition) is 1. The summed E-state index contributed by atoms with van der Waals surface area (Å²) >= 11 is 0. The minimum Gasteiger partial charge on any atom is -0.377 e. The van der Waals surface area contributed by atoms with Crippen LogP contribution >= 0.6 is 0 Å². The van der Waals surface area contributed by atoms with E-state index in [4.69, 9.17) is 10.5 Å². The number of nitrogens with two attached hydrogens (primary N) is 1. The van der Waals surface area contributed by atoms with E-state index >= 15 is 0 Å². The van der Waals surface area contributed by atoms with Crippen LogP contribution in [-0.2, 0) is 11.3 Å². The van der Waals surface area contributed by atoms with Crippen molar-refractivity contribution in [2.24, 2.45) is 5.73 Å². The molecule has 0 radical (unpaired) electrons. The molecule has 2 nitrogen and oxygen atoms in total. The molecular weight excluding hydrogens is 246 g/mol. The minimum atomic E-state index is 0.402. The second kappa shape index (κ2) is 11.5. The Hall–Kier alpha value is -1.30. The van der Waals surface area contributed by atoms with Crippen molar-refractivity contribution in [3.05, 3.63) is 35.4 Å². The molecule has 20 heavy (non-hydrogen) atoms. The molecule has 1 rings (SSSR count). The van der Waals surface area contributed by atoms with Gasteiger partial charge in [0.2, 0.25) is 0 Å². The molecule has 110 valence electrons. The van der Waals surface area contributed by atoms with Crippen molar-refractivity contribution in [2.45, 2.75) is 52.1 Å². The van der Waals surface area contributed by atoms with Crippen molar-refractivity contribution in [3.8, 4) is 11.8 Å². The van der Waals surface area contributed by atoms with E-state index in [1.54, 1.807) is 0 Å². The first-order valence-electron chi connectivity index (χ1n) is 7.72. The molecule has 1 aromatic rings. The Kier molecular flexibility index (Phi) is 9.65. The third kappa shape index (κ3) is 7.99. The van der Waals surface area contributed by atoms with Gasteiger partial charge in [0.1, 0.15) is 0 Å². The molecule has 0 fully saturated rings. The summed E-state index contributed by atoms with van der Waals surface area (Å²) in [6.07, 6.45) is 7.80. The lowest BCUT2D eigenvalue weighted by molar-refractivity contribution is 0.116. The Labute approximate surface area is 123 Å². The van der Waals surface area contributed by atoms with Crippen molar-refractivity contribution in [1.82, 2.24) is 0 Å². The molecule has 0 amide bonds. The number of unbranched alkanes of at least 4 members (excludes halogenated alkanes) is 5. The van der Waals surface area contributed by atoms with Crippen LogP contribution in [0, 0.1) is 11.8 Å². The highest BCUT2D eigenvalue weighted by Crippen LogP contribution is 2.08. The summed E-state index contributed by atoms with van der Waals surface area (Å²) < 4.78 is 5.71. The van der Waals surface area contributed by atoms with Gasteiger partial charge in [0, 0.05) is 12.2 Å². The lowest BCUT2D eigenvalue weighted by atomic mass is 10.1. The summed E-state index contributed by atoms with van der Waals surface area (Å²) in [5.41, 5.74) is 7.56. The molecule has 1 aromatic carbocycles. The fourth-order valence-corrected chi connectivity index (χ4v) is 2.07. The lowest BCUT2D eigenvalue weighted by Crippen LogP contribution is -1.96. The summed E-state index contributed by atoms with van der Waals surface area (Å²) in [6.45, 7) is 4.17. The molecular formula is C18H27NO. The van der Waals surface area contributed by atoms with E-state index in [1.807, 2.05) is 12.1 Å². The van der Waals surface area contributed by atoms with Crippen LogP contribution in [-0.4, -0.2) is 13.2 Å². The first-order valence-corrected chi connectivity index (χ1v) is 7.72. The highest BCUT2D eigenvalue weighted by atomic mass is 16.5. The second-order valence-electron chi connectivity index (χ2n) is 5.03. The molecule has 2 heteroatoms. The van der Waals surface area contributed by atoms with Crippen LogP contribution in [0.3, 0.4) is 0 Å². The molecule has 0 unspecified atom stereocenters. The van der Waals surface area contributed by atoms with E-state index in [2.05, 4.69) is 30.9 Å². The molecule has 0 saturated heterocycles. The maximum absolute atomic E-state index is 5.71. The molecule has 0 atom stereocenters. The molecule has 0 saturated carbocycles. The van der Waals surface area contributed by atoms with E-state index in [0.29, 0.717) is 13.2 Å². The van der Waals surface area contributed by atoms with Crippen molar-refractivity contribution in [1.29, 1.82) is 0 Å². The van der Waals surface area contributed by atoms with Gasteiger partial charge in [-0.05, 0) is 24.1 Å². The quantitative estimate of drug-likeness (QED) is 0.547. The van der Waals surface area contributed by atoms with Gasteiger partial charge in [0.05, 0.1) is 13.2 Å². The summed E-state index contributed by atoms with van der Waals surface area (Å²) in [5.74, 6) is 5.91. The summed E-state index contributed by atoms with van der Waals surface area (Å²) in [6, 6.07) is 8.17. The van der Waals surface area contributed by atoms with E-state index in [1.165, 1.54) is 37.7 Å². The summed E-state index contributed by atoms with van der Waals surface area (Å²) in [4.78, 5) is 0. The maximum atomic E-state index is 5.71. The number of ether oxygens (including phenoxy) is 1. The van der Waals surface area contributed by atoms with Crippen LogP contribution in [0.2, 0.25) is 0 Å². The second-order valence-corrected chi connectivity index (χ2v) is 5.03. The average Bonchev–Trinajstić information content (AvgIpc) is 2.48. The van der Waals surface area contributed by atoms with Crippen LogP contribution in [0.1, 0.15) is 56.6 Å². The van der Waals surface area contributed by atoms with E-state index in [0.717, 1.165) is 18.6 Å². The molecule has 0 bridgehead atoms. The smallest absolute Gasteiger partial charge is 0.0717 e. The third-order valence-corrected chi connectivity index (χ3v) is 3.17. The highest BCUT2D eigenvalue weighted by molar-refractivity contribution is 5.37. The highest BCUT2D eigenvalue weighted by Gasteiger charge is 1.95. The number of hydrogen-bond acceptors (Lipinski definition) is 2. The molecule has 2 N–H and O–H groups in total. The molecule has 0 aliphatic rings. The summed E-state index contributed by atoms with van der Waals surface area (Å²) in [7, 11) is 0. The van der Waals surface area contributed by atoms with Gasteiger partial charge in [0.15, 0.2) is 0 Å². The maximum Gasteiger partial charge on any atom is 0.0717 e. The SMILES string of the molecule is CCCCCCCCOCc1cccc(C#CCN)c1. The fourth-order valence-electron chi connectivity index (χ4n) is 2.07. The predicted octanol–water partition coefficient (Wildman–Crippen LogP) is 3.87. The predicted molar refractivity (Wildman–Crippen MR) is 85.4 cm³/mol. The first kappa shape index (κ1) is 16.8. The number of benzene rings is 1. The van der Waals surface area contributed by atoms with E-state index < -0.39 is 0 Å². The molecule has 0 aliphatic heterocycles. The van der Waals surface area contributed by atoms with Gasteiger partial charge in [-0.1, -0.05) is 63.0 Å².